The Bertz CT molecular complexity index is 270. The summed E-state index contributed by atoms with van der Waals surface area (Å²) in [6.07, 6.45) is 5.27. The third-order valence-electron chi connectivity index (χ3n) is 3.52. The minimum absolute atomic E-state index is 0.00352. The Kier molecular flexibility index (Phi) is 5.45. The maximum atomic E-state index is 11.6. The van der Waals surface area contributed by atoms with Crippen LogP contribution >= 0.6 is 0 Å². The average Bonchev–Trinajstić information content (AvgIpc) is 2.69. The van der Waals surface area contributed by atoms with E-state index in [1.54, 1.807) is 0 Å². The number of aliphatic carboxylic acids is 1. The van der Waals surface area contributed by atoms with E-state index in [0.717, 1.165) is 12.8 Å². The highest BCUT2D eigenvalue weighted by molar-refractivity contribution is 5.77. The Balaban J connectivity index is 2.28. The maximum absolute atomic E-state index is 11.6. The molecular weight excluding hydrogens is 218 g/mol. The lowest BCUT2D eigenvalue weighted by molar-refractivity contribution is -0.143. The molecule has 98 valence electrons. The van der Waals surface area contributed by atoms with Crippen LogP contribution < -0.4 is 5.32 Å². The standard InChI is InChI=1S/C13H23NO3/c1-9(2)11(13(16)17)7-8-12(15)14-10-5-3-4-6-10/h9-11H,3-8H2,1-2H3,(H,14,15)(H,16,17). The Morgan fingerprint density at radius 1 is 1.29 bits per heavy atom. The summed E-state index contributed by atoms with van der Waals surface area (Å²) in [6, 6.07) is 0.324. The lowest BCUT2D eigenvalue weighted by Gasteiger charge is -2.17. The Morgan fingerprint density at radius 2 is 1.88 bits per heavy atom. The van der Waals surface area contributed by atoms with Crippen LogP contribution in [0.25, 0.3) is 0 Å². The van der Waals surface area contributed by atoms with Crippen LogP contribution in [0.5, 0.6) is 0 Å². The van der Waals surface area contributed by atoms with Crippen LogP contribution in [0.2, 0.25) is 0 Å². The van der Waals surface area contributed by atoms with Crippen molar-refractivity contribution >= 4 is 11.9 Å². The van der Waals surface area contributed by atoms with Crippen LogP contribution in [0.3, 0.4) is 0 Å². The number of carbonyl (C=O) groups excluding carboxylic acids is 1. The van der Waals surface area contributed by atoms with Crippen LogP contribution in [-0.2, 0) is 9.59 Å². The predicted octanol–water partition coefficient (Wildman–Crippen LogP) is 2.18. The van der Waals surface area contributed by atoms with Gasteiger partial charge in [-0.1, -0.05) is 26.7 Å². The number of amides is 1. The van der Waals surface area contributed by atoms with E-state index in [4.69, 9.17) is 5.11 Å². The van der Waals surface area contributed by atoms with Gasteiger partial charge in [-0.3, -0.25) is 9.59 Å². The molecule has 1 amide bonds. The van der Waals surface area contributed by atoms with E-state index in [-0.39, 0.29) is 11.8 Å². The highest BCUT2D eigenvalue weighted by Crippen LogP contribution is 2.19. The molecule has 0 aromatic heterocycles. The molecule has 1 fully saturated rings. The van der Waals surface area contributed by atoms with Crippen molar-refractivity contribution in [1.29, 1.82) is 0 Å². The van der Waals surface area contributed by atoms with Gasteiger partial charge >= 0.3 is 5.97 Å². The van der Waals surface area contributed by atoms with Gasteiger partial charge in [0.1, 0.15) is 0 Å². The third kappa shape index (κ3) is 4.75. The summed E-state index contributed by atoms with van der Waals surface area (Å²) in [5.74, 6) is -1.13. The Morgan fingerprint density at radius 3 is 2.35 bits per heavy atom. The largest absolute Gasteiger partial charge is 0.481 e. The molecule has 0 radical (unpaired) electrons. The van der Waals surface area contributed by atoms with E-state index in [1.807, 2.05) is 13.8 Å². The summed E-state index contributed by atoms with van der Waals surface area (Å²) >= 11 is 0. The fourth-order valence-corrected chi connectivity index (χ4v) is 2.40. The van der Waals surface area contributed by atoms with Crippen molar-refractivity contribution in [2.45, 2.75) is 58.4 Å². The highest BCUT2D eigenvalue weighted by Gasteiger charge is 2.23. The molecule has 1 rings (SSSR count). The van der Waals surface area contributed by atoms with Crippen molar-refractivity contribution in [1.82, 2.24) is 5.32 Å². The van der Waals surface area contributed by atoms with Crippen molar-refractivity contribution in [3.63, 3.8) is 0 Å². The first kappa shape index (κ1) is 14.0. The van der Waals surface area contributed by atoms with Gasteiger partial charge in [0.2, 0.25) is 5.91 Å². The van der Waals surface area contributed by atoms with E-state index >= 15 is 0 Å². The van der Waals surface area contributed by atoms with E-state index in [9.17, 15) is 9.59 Å². The van der Waals surface area contributed by atoms with Crippen molar-refractivity contribution in [3.05, 3.63) is 0 Å². The van der Waals surface area contributed by atoms with E-state index in [1.165, 1.54) is 12.8 Å². The molecule has 0 aromatic carbocycles. The van der Waals surface area contributed by atoms with Gasteiger partial charge in [0, 0.05) is 12.5 Å². The van der Waals surface area contributed by atoms with E-state index < -0.39 is 11.9 Å². The molecule has 4 nitrogen and oxygen atoms in total. The molecule has 1 aliphatic rings. The Labute approximate surface area is 103 Å². The van der Waals surface area contributed by atoms with Crippen LogP contribution in [0.4, 0.5) is 0 Å². The van der Waals surface area contributed by atoms with Gasteiger partial charge in [0.25, 0.3) is 0 Å². The highest BCUT2D eigenvalue weighted by atomic mass is 16.4. The minimum Gasteiger partial charge on any atom is -0.481 e. The number of rotatable bonds is 6. The summed E-state index contributed by atoms with van der Waals surface area (Å²) in [5.41, 5.74) is 0. The molecule has 0 saturated heterocycles. The molecular formula is C13H23NO3. The fraction of sp³-hybridized carbons (Fsp3) is 0.846. The van der Waals surface area contributed by atoms with Crippen molar-refractivity contribution in [3.8, 4) is 0 Å². The van der Waals surface area contributed by atoms with Gasteiger partial charge in [-0.2, -0.15) is 0 Å². The van der Waals surface area contributed by atoms with Crippen molar-refractivity contribution in [2.75, 3.05) is 0 Å². The van der Waals surface area contributed by atoms with E-state index in [0.29, 0.717) is 18.9 Å². The molecule has 2 N–H and O–H groups in total. The zero-order valence-corrected chi connectivity index (χ0v) is 10.7. The molecule has 1 aliphatic carbocycles. The second-order valence-electron chi connectivity index (χ2n) is 5.28. The van der Waals surface area contributed by atoms with Gasteiger partial charge in [-0.15, -0.1) is 0 Å². The summed E-state index contributed by atoms with van der Waals surface area (Å²) in [7, 11) is 0. The first-order valence-corrected chi connectivity index (χ1v) is 6.53. The first-order chi connectivity index (χ1) is 8.00. The minimum atomic E-state index is -0.798. The second-order valence-corrected chi connectivity index (χ2v) is 5.28. The maximum Gasteiger partial charge on any atom is 0.306 e. The quantitative estimate of drug-likeness (QED) is 0.749. The molecule has 1 atom stereocenters. The van der Waals surface area contributed by atoms with Gasteiger partial charge in [0.05, 0.1) is 5.92 Å². The molecule has 1 unspecified atom stereocenters. The molecule has 17 heavy (non-hydrogen) atoms. The molecule has 0 bridgehead atoms. The van der Waals surface area contributed by atoms with Gasteiger partial charge in [-0.25, -0.2) is 0 Å². The number of nitrogens with one attached hydrogen (secondary N) is 1. The summed E-state index contributed by atoms with van der Waals surface area (Å²) < 4.78 is 0. The molecule has 0 heterocycles. The van der Waals surface area contributed by atoms with Crippen LogP contribution in [0, 0.1) is 11.8 Å². The lowest BCUT2D eigenvalue weighted by Crippen LogP contribution is -2.33. The zero-order chi connectivity index (χ0) is 12.8. The summed E-state index contributed by atoms with van der Waals surface area (Å²) in [5, 5.41) is 12.0. The molecule has 4 heteroatoms. The number of hydrogen-bond donors (Lipinski definition) is 2. The molecule has 1 saturated carbocycles. The number of carboxylic acids is 1. The van der Waals surface area contributed by atoms with Crippen molar-refractivity contribution in [2.24, 2.45) is 11.8 Å². The zero-order valence-electron chi connectivity index (χ0n) is 10.7. The smallest absolute Gasteiger partial charge is 0.306 e. The van der Waals surface area contributed by atoms with Crippen molar-refractivity contribution < 1.29 is 14.7 Å². The van der Waals surface area contributed by atoms with Gasteiger partial charge in [-0.05, 0) is 25.2 Å². The predicted molar refractivity (Wildman–Crippen MR) is 65.6 cm³/mol. The van der Waals surface area contributed by atoms with Crippen LogP contribution in [-0.4, -0.2) is 23.0 Å². The average molecular weight is 241 g/mol. The number of hydrogen-bond acceptors (Lipinski definition) is 2. The monoisotopic (exact) mass is 241 g/mol. The first-order valence-electron chi connectivity index (χ1n) is 6.53. The van der Waals surface area contributed by atoms with Gasteiger partial charge < -0.3 is 10.4 Å². The normalized spacial score (nSPS) is 18.3. The molecule has 0 spiro atoms. The van der Waals surface area contributed by atoms with Crippen LogP contribution in [0.15, 0.2) is 0 Å². The van der Waals surface area contributed by atoms with Gasteiger partial charge in [0.15, 0.2) is 0 Å². The summed E-state index contributed by atoms with van der Waals surface area (Å²) in [4.78, 5) is 22.6. The van der Waals surface area contributed by atoms with Crippen LogP contribution in [0.1, 0.15) is 52.4 Å². The SMILES string of the molecule is CC(C)C(CCC(=O)NC1CCCC1)C(=O)O. The Hall–Kier alpha value is -1.06. The topological polar surface area (TPSA) is 66.4 Å². The molecule has 0 aromatic rings. The fourth-order valence-electron chi connectivity index (χ4n) is 2.40. The number of carbonyl (C=O) groups is 2. The second kappa shape index (κ2) is 6.62. The summed E-state index contributed by atoms with van der Waals surface area (Å²) in [6.45, 7) is 3.77. The third-order valence-corrected chi connectivity index (χ3v) is 3.52. The number of carboxylic acid groups (broad SMARTS) is 1. The molecule has 0 aliphatic heterocycles. The van der Waals surface area contributed by atoms with E-state index in [2.05, 4.69) is 5.32 Å². The lowest BCUT2D eigenvalue weighted by atomic mass is 9.91.